The first-order valence-corrected chi connectivity index (χ1v) is 6.54. The molecule has 0 saturated heterocycles. The second-order valence-electron chi connectivity index (χ2n) is 5.64. The Labute approximate surface area is 108 Å². The predicted octanol–water partition coefficient (Wildman–Crippen LogP) is 2.14. The zero-order valence-corrected chi connectivity index (χ0v) is 11.3. The highest BCUT2D eigenvalue weighted by molar-refractivity contribution is 5.84. The molecule has 1 atom stereocenters. The first-order valence-electron chi connectivity index (χ1n) is 6.54. The Hall–Kier alpha value is -1.29. The van der Waals surface area contributed by atoms with Crippen LogP contribution in [0.25, 0.3) is 0 Å². The van der Waals surface area contributed by atoms with Gasteiger partial charge in [0.05, 0.1) is 11.5 Å². The van der Waals surface area contributed by atoms with E-state index in [1.165, 1.54) is 0 Å². The SMILES string of the molecule is Cc1ccc(C(C)NC(=O)C2(CN)CC(C)C2)o1. The number of rotatable bonds is 4. The van der Waals surface area contributed by atoms with Crippen LogP contribution in [0.2, 0.25) is 0 Å². The van der Waals surface area contributed by atoms with Gasteiger partial charge < -0.3 is 15.5 Å². The first-order chi connectivity index (χ1) is 8.47. The summed E-state index contributed by atoms with van der Waals surface area (Å²) < 4.78 is 5.52. The topological polar surface area (TPSA) is 68.3 Å². The second kappa shape index (κ2) is 4.76. The number of nitrogens with one attached hydrogen (secondary N) is 1. The summed E-state index contributed by atoms with van der Waals surface area (Å²) in [5, 5.41) is 3.01. The van der Waals surface area contributed by atoms with Crippen LogP contribution >= 0.6 is 0 Å². The molecule has 4 heteroatoms. The van der Waals surface area contributed by atoms with Crippen molar-refractivity contribution in [2.45, 2.75) is 39.7 Å². The number of amides is 1. The van der Waals surface area contributed by atoms with Gasteiger partial charge in [0, 0.05) is 6.54 Å². The van der Waals surface area contributed by atoms with E-state index in [9.17, 15) is 4.79 Å². The fourth-order valence-electron chi connectivity index (χ4n) is 2.83. The Morgan fingerprint density at radius 1 is 1.61 bits per heavy atom. The molecule has 1 aromatic rings. The minimum Gasteiger partial charge on any atom is -0.464 e. The maximum atomic E-state index is 12.3. The average molecular weight is 250 g/mol. The highest BCUT2D eigenvalue weighted by atomic mass is 16.3. The van der Waals surface area contributed by atoms with E-state index in [0.29, 0.717) is 12.5 Å². The number of carbonyl (C=O) groups excluding carboxylic acids is 1. The molecule has 1 amide bonds. The molecule has 0 bridgehead atoms. The second-order valence-corrected chi connectivity index (χ2v) is 5.64. The molecule has 0 radical (unpaired) electrons. The minimum absolute atomic E-state index is 0.0599. The Balaban J connectivity index is 1.99. The van der Waals surface area contributed by atoms with Crippen molar-refractivity contribution in [2.24, 2.45) is 17.1 Å². The van der Waals surface area contributed by atoms with Crippen LogP contribution in [-0.2, 0) is 4.79 Å². The molecule has 1 fully saturated rings. The van der Waals surface area contributed by atoms with E-state index in [-0.39, 0.29) is 17.4 Å². The van der Waals surface area contributed by atoms with Gasteiger partial charge in [-0.25, -0.2) is 0 Å². The monoisotopic (exact) mass is 250 g/mol. The van der Waals surface area contributed by atoms with Crippen molar-refractivity contribution in [3.63, 3.8) is 0 Å². The summed E-state index contributed by atoms with van der Waals surface area (Å²) in [4.78, 5) is 12.3. The van der Waals surface area contributed by atoms with Gasteiger partial charge in [0.25, 0.3) is 0 Å². The number of aryl methyl sites for hydroxylation is 1. The molecule has 0 spiro atoms. The van der Waals surface area contributed by atoms with Crippen molar-refractivity contribution in [2.75, 3.05) is 6.54 Å². The average Bonchev–Trinajstić information content (AvgIpc) is 2.71. The van der Waals surface area contributed by atoms with Crippen LogP contribution in [0.4, 0.5) is 0 Å². The lowest BCUT2D eigenvalue weighted by Gasteiger charge is -2.44. The highest BCUT2D eigenvalue weighted by Gasteiger charge is 2.47. The fraction of sp³-hybridized carbons (Fsp3) is 0.643. The van der Waals surface area contributed by atoms with Gasteiger partial charge >= 0.3 is 0 Å². The third-order valence-electron chi connectivity index (χ3n) is 3.89. The first kappa shape index (κ1) is 13.1. The van der Waals surface area contributed by atoms with E-state index in [1.54, 1.807) is 0 Å². The summed E-state index contributed by atoms with van der Waals surface area (Å²) in [5.41, 5.74) is 5.41. The number of furan rings is 1. The predicted molar refractivity (Wildman–Crippen MR) is 69.9 cm³/mol. The largest absolute Gasteiger partial charge is 0.464 e. The molecule has 0 aromatic carbocycles. The summed E-state index contributed by atoms with van der Waals surface area (Å²) in [6.45, 7) is 6.41. The van der Waals surface area contributed by atoms with E-state index in [4.69, 9.17) is 10.2 Å². The lowest BCUT2D eigenvalue weighted by atomic mass is 9.62. The third-order valence-corrected chi connectivity index (χ3v) is 3.89. The van der Waals surface area contributed by atoms with Crippen LogP contribution in [0.3, 0.4) is 0 Å². The Morgan fingerprint density at radius 2 is 2.28 bits per heavy atom. The molecular formula is C14H22N2O2. The van der Waals surface area contributed by atoms with Crippen molar-refractivity contribution >= 4 is 5.91 Å². The molecule has 3 N–H and O–H groups in total. The van der Waals surface area contributed by atoms with Crippen molar-refractivity contribution < 1.29 is 9.21 Å². The van der Waals surface area contributed by atoms with Crippen molar-refractivity contribution in [3.8, 4) is 0 Å². The normalized spacial score (nSPS) is 28.6. The number of hydrogen-bond donors (Lipinski definition) is 2. The van der Waals surface area contributed by atoms with Crippen LogP contribution < -0.4 is 11.1 Å². The molecular weight excluding hydrogens is 228 g/mol. The molecule has 0 aliphatic heterocycles. The van der Waals surface area contributed by atoms with E-state index in [0.717, 1.165) is 24.4 Å². The van der Waals surface area contributed by atoms with Gasteiger partial charge in [0.15, 0.2) is 0 Å². The van der Waals surface area contributed by atoms with Crippen molar-refractivity contribution in [3.05, 3.63) is 23.7 Å². The summed E-state index contributed by atoms with van der Waals surface area (Å²) in [6, 6.07) is 3.70. The van der Waals surface area contributed by atoms with Crippen LogP contribution in [0.5, 0.6) is 0 Å². The standard InChI is InChI=1S/C14H22N2O2/c1-9-6-14(7-9,8-15)13(17)16-11(3)12-5-4-10(2)18-12/h4-5,9,11H,6-8,15H2,1-3H3,(H,16,17). The molecule has 1 heterocycles. The van der Waals surface area contributed by atoms with E-state index >= 15 is 0 Å². The van der Waals surface area contributed by atoms with E-state index in [1.807, 2.05) is 26.0 Å². The maximum Gasteiger partial charge on any atom is 0.228 e. The zero-order chi connectivity index (χ0) is 13.3. The van der Waals surface area contributed by atoms with Gasteiger partial charge in [0.1, 0.15) is 11.5 Å². The summed E-state index contributed by atoms with van der Waals surface area (Å²) in [7, 11) is 0. The highest BCUT2D eigenvalue weighted by Crippen LogP contribution is 2.45. The molecule has 4 nitrogen and oxygen atoms in total. The number of carbonyl (C=O) groups is 1. The summed E-state index contributed by atoms with van der Waals surface area (Å²) >= 11 is 0. The molecule has 100 valence electrons. The summed E-state index contributed by atoms with van der Waals surface area (Å²) in [5.74, 6) is 2.31. The molecule has 1 saturated carbocycles. The molecule has 2 rings (SSSR count). The summed E-state index contributed by atoms with van der Waals surface area (Å²) in [6.07, 6.45) is 1.78. The molecule has 1 unspecified atom stereocenters. The van der Waals surface area contributed by atoms with Crippen LogP contribution in [0, 0.1) is 18.3 Å². The lowest BCUT2D eigenvalue weighted by Crippen LogP contribution is -2.53. The Kier molecular flexibility index (Phi) is 3.48. The van der Waals surface area contributed by atoms with Gasteiger partial charge in [0.2, 0.25) is 5.91 Å². The van der Waals surface area contributed by atoms with E-state index < -0.39 is 0 Å². The molecule has 1 aliphatic carbocycles. The number of hydrogen-bond acceptors (Lipinski definition) is 3. The Morgan fingerprint density at radius 3 is 2.72 bits per heavy atom. The quantitative estimate of drug-likeness (QED) is 0.860. The van der Waals surface area contributed by atoms with Crippen LogP contribution in [0.15, 0.2) is 16.5 Å². The molecule has 1 aromatic heterocycles. The minimum atomic E-state index is -0.352. The molecule has 18 heavy (non-hydrogen) atoms. The van der Waals surface area contributed by atoms with Crippen LogP contribution in [0.1, 0.15) is 44.3 Å². The zero-order valence-electron chi connectivity index (χ0n) is 11.3. The van der Waals surface area contributed by atoms with Gasteiger partial charge in [-0.05, 0) is 44.7 Å². The fourth-order valence-corrected chi connectivity index (χ4v) is 2.83. The third kappa shape index (κ3) is 2.29. The Bertz CT molecular complexity index is 433. The maximum absolute atomic E-state index is 12.3. The molecule has 1 aliphatic rings. The lowest BCUT2D eigenvalue weighted by molar-refractivity contribution is -0.138. The smallest absolute Gasteiger partial charge is 0.228 e. The van der Waals surface area contributed by atoms with Crippen molar-refractivity contribution in [1.29, 1.82) is 0 Å². The van der Waals surface area contributed by atoms with Gasteiger partial charge in [-0.15, -0.1) is 0 Å². The van der Waals surface area contributed by atoms with E-state index in [2.05, 4.69) is 12.2 Å². The number of nitrogens with two attached hydrogens (primary N) is 1. The van der Waals surface area contributed by atoms with Crippen molar-refractivity contribution in [1.82, 2.24) is 5.32 Å². The van der Waals surface area contributed by atoms with Gasteiger partial charge in [-0.2, -0.15) is 0 Å². The van der Waals surface area contributed by atoms with Crippen LogP contribution in [-0.4, -0.2) is 12.5 Å². The van der Waals surface area contributed by atoms with Gasteiger partial charge in [-0.3, -0.25) is 4.79 Å². The van der Waals surface area contributed by atoms with Gasteiger partial charge in [-0.1, -0.05) is 6.92 Å².